The molecule has 0 atom stereocenters. The number of hydrogen-bond donors (Lipinski definition) is 1. The van der Waals surface area contributed by atoms with Gasteiger partial charge < -0.3 is 10.2 Å². The van der Waals surface area contributed by atoms with E-state index in [1.165, 1.54) is 6.92 Å². The van der Waals surface area contributed by atoms with Gasteiger partial charge in [0.05, 0.1) is 6.61 Å². The topological polar surface area (TPSA) is 52.2 Å². The van der Waals surface area contributed by atoms with Gasteiger partial charge in [-0.1, -0.05) is 0 Å². The average molecular weight is 159 g/mol. The van der Waals surface area contributed by atoms with E-state index in [2.05, 4.69) is 5.32 Å². The Hall–Kier alpha value is -0.610. The lowest BCUT2D eigenvalue weighted by molar-refractivity contribution is -0.119. The first-order valence-corrected chi connectivity index (χ1v) is 3.68. The van der Waals surface area contributed by atoms with Crippen LogP contribution in [0, 0.1) is 0 Å². The highest BCUT2D eigenvalue weighted by Crippen LogP contribution is 1.78. The maximum atomic E-state index is 10.4. The number of carbonyl (C=O) groups excluding carboxylic acids is 1. The smallest absolute Gasteiger partial charge is 0.216 e. The molecule has 1 N–H and O–H groups in total. The molecule has 0 aromatic carbocycles. The van der Waals surface area contributed by atoms with E-state index in [9.17, 15) is 9.90 Å². The van der Waals surface area contributed by atoms with E-state index in [1.807, 2.05) is 11.9 Å². The van der Waals surface area contributed by atoms with Gasteiger partial charge in [0.25, 0.3) is 0 Å². The molecule has 0 heterocycles. The lowest BCUT2D eigenvalue weighted by atomic mass is 10.5. The maximum Gasteiger partial charge on any atom is 0.216 e. The Kier molecular flexibility index (Phi) is 5.78. The zero-order valence-corrected chi connectivity index (χ0v) is 7.09. The van der Waals surface area contributed by atoms with E-state index >= 15 is 0 Å². The Labute approximate surface area is 67.2 Å². The van der Waals surface area contributed by atoms with Crippen molar-refractivity contribution in [1.82, 2.24) is 10.2 Å². The summed E-state index contributed by atoms with van der Waals surface area (Å²) in [5.74, 6) is -0.0273. The van der Waals surface area contributed by atoms with Gasteiger partial charge in [-0.25, -0.2) is 5.11 Å². The molecule has 65 valence electrons. The minimum absolute atomic E-state index is 0.0273. The lowest BCUT2D eigenvalue weighted by Gasteiger charge is -2.13. The van der Waals surface area contributed by atoms with Crippen LogP contribution in [0.15, 0.2) is 0 Å². The third kappa shape index (κ3) is 7.29. The highest BCUT2D eigenvalue weighted by Gasteiger charge is 1.96. The van der Waals surface area contributed by atoms with Crippen molar-refractivity contribution in [2.45, 2.75) is 6.92 Å². The molecule has 0 fully saturated rings. The summed E-state index contributed by atoms with van der Waals surface area (Å²) in [4.78, 5) is 12.3. The summed E-state index contributed by atoms with van der Waals surface area (Å²) in [6.07, 6.45) is 0. The Balaban J connectivity index is 3.16. The molecule has 1 radical (unpaired) electrons. The quantitative estimate of drug-likeness (QED) is 0.587. The molecule has 4 nitrogen and oxygen atoms in total. The van der Waals surface area contributed by atoms with Gasteiger partial charge in [-0.3, -0.25) is 4.79 Å². The standard InChI is InChI=1S/C7H15N2O2/c1-7(11)8-3-4-9(2)5-6-10/h3-6H2,1-2H3,(H,8,11). The number of rotatable bonds is 5. The predicted octanol–water partition coefficient (Wildman–Crippen LogP) is -0.515. The van der Waals surface area contributed by atoms with Gasteiger partial charge in [0.2, 0.25) is 5.91 Å². The Bertz CT molecular complexity index is 117. The van der Waals surface area contributed by atoms with Gasteiger partial charge in [-0.05, 0) is 7.05 Å². The number of nitrogens with one attached hydrogen (secondary N) is 1. The molecule has 0 aliphatic rings. The zero-order valence-electron chi connectivity index (χ0n) is 7.09. The molecule has 4 heteroatoms. The Morgan fingerprint density at radius 2 is 2.09 bits per heavy atom. The zero-order chi connectivity index (χ0) is 8.69. The first kappa shape index (κ1) is 10.4. The molecule has 11 heavy (non-hydrogen) atoms. The van der Waals surface area contributed by atoms with E-state index in [-0.39, 0.29) is 12.5 Å². The van der Waals surface area contributed by atoms with Crippen LogP contribution in [0.25, 0.3) is 0 Å². The van der Waals surface area contributed by atoms with Crippen LogP contribution in [0.3, 0.4) is 0 Å². The highest BCUT2D eigenvalue weighted by molar-refractivity contribution is 5.72. The summed E-state index contributed by atoms with van der Waals surface area (Å²) < 4.78 is 0. The molecular weight excluding hydrogens is 144 g/mol. The van der Waals surface area contributed by atoms with Crippen molar-refractivity contribution in [3.05, 3.63) is 0 Å². The highest BCUT2D eigenvalue weighted by atomic mass is 16.3. The van der Waals surface area contributed by atoms with Crippen molar-refractivity contribution >= 4 is 5.91 Å². The normalized spacial score (nSPS) is 10.2. The molecule has 0 bridgehead atoms. The summed E-state index contributed by atoms with van der Waals surface area (Å²) >= 11 is 0. The number of likely N-dealkylation sites (N-methyl/N-ethyl adjacent to an activating group) is 1. The van der Waals surface area contributed by atoms with Crippen molar-refractivity contribution in [1.29, 1.82) is 0 Å². The van der Waals surface area contributed by atoms with Crippen LogP contribution in [-0.4, -0.2) is 44.1 Å². The van der Waals surface area contributed by atoms with Gasteiger partial charge in [-0.2, -0.15) is 0 Å². The fraction of sp³-hybridized carbons (Fsp3) is 0.857. The van der Waals surface area contributed by atoms with Gasteiger partial charge in [0.15, 0.2) is 0 Å². The second kappa shape index (κ2) is 6.12. The van der Waals surface area contributed by atoms with Crippen molar-refractivity contribution in [3.8, 4) is 0 Å². The minimum Gasteiger partial charge on any atom is -0.355 e. The third-order valence-corrected chi connectivity index (χ3v) is 1.34. The molecule has 0 rings (SSSR count). The molecule has 0 aliphatic heterocycles. The van der Waals surface area contributed by atoms with E-state index in [4.69, 9.17) is 0 Å². The maximum absolute atomic E-state index is 10.4. The van der Waals surface area contributed by atoms with Crippen LogP contribution in [0.1, 0.15) is 6.92 Å². The summed E-state index contributed by atoms with van der Waals surface area (Å²) in [5.41, 5.74) is 0. The molecule has 0 spiro atoms. The minimum atomic E-state index is -0.0867. The van der Waals surface area contributed by atoms with Crippen molar-refractivity contribution < 1.29 is 9.90 Å². The first-order valence-electron chi connectivity index (χ1n) is 3.68. The van der Waals surface area contributed by atoms with E-state index in [0.29, 0.717) is 13.1 Å². The molecule has 0 saturated heterocycles. The van der Waals surface area contributed by atoms with Gasteiger partial charge in [0.1, 0.15) is 0 Å². The van der Waals surface area contributed by atoms with Crippen LogP contribution in [-0.2, 0) is 9.90 Å². The molecule has 0 aromatic heterocycles. The number of carbonyl (C=O) groups is 1. The van der Waals surface area contributed by atoms with Crippen LogP contribution >= 0.6 is 0 Å². The van der Waals surface area contributed by atoms with E-state index in [0.717, 1.165) is 6.54 Å². The van der Waals surface area contributed by atoms with Crippen molar-refractivity contribution in [2.24, 2.45) is 0 Å². The summed E-state index contributed by atoms with van der Waals surface area (Å²) in [7, 11) is 1.86. The SMILES string of the molecule is CC(=O)NCCN(C)CC[O]. The molecule has 1 amide bonds. The molecular formula is C7H15N2O2. The summed E-state index contributed by atoms with van der Waals surface area (Å²) in [6, 6.07) is 0. The van der Waals surface area contributed by atoms with Crippen molar-refractivity contribution in [2.75, 3.05) is 33.3 Å². The van der Waals surface area contributed by atoms with Crippen LogP contribution < -0.4 is 5.32 Å². The summed E-state index contributed by atoms with van der Waals surface area (Å²) in [5, 5.41) is 12.8. The Morgan fingerprint density at radius 3 is 2.55 bits per heavy atom. The lowest BCUT2D eigenvalue weighted by Crippen LogP contribution is -2.32. The fourth-order valence-electron chi connectivity index (χ4n) is 0.690. The second-order valence-electron chi connectivity index (χ2n) is 2.49. The van der Waals surface area contributed by atoms with E-state index in [1.54, 1.807) is 0 Å². The number of hydrogen-bond acceptors (Lipinski definition) is 2. The number of amides is 1. The fourth-order valence-corrected chi connectivity index (χ4v) is 0.690. The Morgan fingerprint density at radius 1 is 1.45 bits per heavy atom. The third-order valence-electron chi connectivity index (χ3n) is 1.34. The van der Waals surface area contributed by atoms with Gasteiger partial charge in [0, 0.05) is 26.6 Å². The van der Waals surface area contributed by atoms with Crippen LogP contribution in [0.4, 0.5) is 0 Å². The summed E-state index contributed by atoms with van der Waals surface area (Å²) in [6.45, 7) is 3.29. The largest absolute Gasteiger partial charge is 0.355 e. The van der Waals surface area contributed by atoms with Crippen LogP contribution in [0.2, 0.25) is 0 Å². The van der Waals surface area contributed by atoms with E-state index < -0.39 is 0 Å². The van der Waals surface area contributed by atoms with Crippen LogP contribution in [0.5, 0.6) is 0 Å². The number of nitrogens with zero attached hydrogens (tertiary/aromatic N) is 1. The molecule has 0 aliphatic carbocycles. The molecule has 0 unspecified atom stereocenters. The average Bonchev–Trinajstić information content (AvgIpc) is 1.87. The van der Waals surface area contributed by atoms with Gasteiger partial charge in [-0.15, -0.1) is 0 Å². The first-order chi connectivity index (χ1) is 5.16. The monoisotopic (exact) mass is 159 g/mol. The molecule has 0 aromatic rings. The van der Waals surface area contributed by atoms with Gasteiger partial charge >= 0.3 is 0 Å². The van der Waals surface area contributed by atoms with Crippen molar-refractivity contribution in [3.63, 3.8) is 0 Å². The predicted molar refractivity (Wildman–Crippen MR) is 41.7 cm³/mol. The molecule has 0 saturated carbocycles. The second-order valence-corrected chi connectivity index (χ2v) is 2.49.